The molecule has 0 spiro atoms. The predicted molar refractivity (Wildman–Crippen MR) is 95.4 cm³/mol. The summed E-state index contributed by atoms with van der Waals surface area (Å²) in [4.78, 5) is 11.6. The van der Waals surface area contributed by atoms with E-state index in [1.54, 1.807) is 17.7 Å². The van der Waals surface area contributed by atoms with E-state index in [9.17, 15) is 18.0 Å². The van der Waals surface area contributed by atoms with Crippen molar-refractivity contribution in [3.63, 3.8) is 0 Å². The molecule has 1 aromatic carbocycles. The number of alkyl halides is 3. The first-order valence-electron chi connectivity index (χ1n) is 8.56. The maximum Gasteiger partial charge on any atom is 0.416 e. The van der Waals surface area contributed by atoms with Crippen LogP contribution in [0.3, 0.4) is 0 Å². The number of halogens is 4. The van der Waals surface area contributed by atoms with E-state index >= 15 is 0 Å². The van der Waals surface area contributed by atoms with Gasteiger partial charge in [-0.3, -0.25) is 4.68 Å². The van der Waals surface area contributed by atoms with Crippen LogP contribution in [0.5, 0.6) is 0 Å². The maximum absolute atomic E-state index is 12.8. The van der Waals surface area contributed by atoms with Crippen molar-refractivity contribution in [3.8, 4) is 0 Å². The summed E-state index contributed by atoms with van der Waals surface area (Å²) in [6.07, 6.45) is 0.565. The highest BCUT2D eigenvalue weighted by atomic mass is 35.5. The summed E-state index contributed by atoms with van der Waals surface area (Å²) < 4.78 is 44.9. The van der Waals surface area contributed by atoms with E-state index in [0.29, 0.717) is 17.2 Å². The fourth-order valence-electron chi connectivity index (χ4n) is 2.65. The maximum atomic E-state index is 12.8. The van der Waals surface area contributed by atoms with E-state index < -0.39 is 17.7 Å². The third-order valence-corrected chi connectivity index (χ3v) is 4.55. The van der Waals surface area contributed by atoms with Crippen molar-refractivity contribution in [1.82, 2.24) is 9.78 Å². The summed E-state index contributed by atoms with van der Waals surface area (Å²) in [6.45, 7) is 2.19. The van der Waals surface area contributed by atoms with Gasteiger partial charge in [0.2, 0.25) is 0 Å². The average molecular weight is 399 g/mol. The quantitative estimate of drug-likeness (QED) is 0.504. The van der Waals surface area contributed by atoms with E-state index in [2.05, 4.69) is 5.10 Å². The van der Waals surface area contributed by atoms with Gasteiger partial charge in [-0.25, -0.2) is 4.79 Å². The molecule has 4 nitrogen and oxygen atoms in total. The highest BCUT2D eigenvalue weighted by molar-refractivity contribution is 6.31. The predicted octanol–water partition coefficient (Wildman–Crippen LogP) is 5.06. The van der Waals surface area contributed by atoms with Gasteiger partial charge >= 0.3 is 12.1 Å². The molecule has 0 atom stereocenters. The number of nitrogens with zero attached hydrogens (tertiary/aromatic N) is 2. The van der Waals surface area contributed by atoms with Crippen molar-refractivity contribution in [2.24, 2.45) is 0 Å². The summed E-state index contributed by atoms with van der Waals surface area (Å²) >= 11 is 6.05. The molecule has 144 valence electrons. The van der Waals surface area contributed by atoms with Crippen molar-refractivity contribution >= 4 is 23.6 Å². The zero-order valence-corrected chi connectivity index (χ0v) is 15.3. The molecule has 0 unspecified atom stereocenters. The van der Waals surface area contributed by atoms with Crippen molar-refractivity contribution in [2.45, 2.75) is 38.4 Å². The Morgan fingerprint density at radius 3 is 2.70 bits per heavy atom. The zero-order valence-electron chi connectivity index (χ0n) is 14.6. The lowest BCUT2D eigenvalue weighted by atomic mass is 10.1. The molecule has 1 fully saturated rings. The second-order valence-corrected chi connectivity index (χ2v) is 6.72. The van der Waals surface area contributed by atoms with Crippen LogP contribution in [-0.2, 0) is 22.3 Å². The lowest BCUT2D eigenvalue weighted by molar-refractivity contribution is -0.138. The fraction of sp³-hybridized carbons (Fsp3) is 0.368. The van der Waals surface area contributed by atoms with Crippen LogP contribution in [0, 0.1) is 0 Å². The lowest BCUT2D eigenvalue weighted by Crippen LogP contribution is -2.08. The van der Waals surface area contributed by atoms with Crippen LogP contribution in [0.1, 0.15) is 48.2 Å². The highest BCUT2D eigenvalue weighted by Crippen LogP contribution is 2.40. The second-order valence-electron chi connectivity index (χ2n) is 6.32. The molecular formula is C19H18ClF3N2O2. The Bertz CT molecular complexity index is 870. The van der Waals surface area contributed by atoms with Crippen LogP contribution < -0.4 is 0 Å². The molecule has 1 aliphatic rings. The van der Waals surface area contributed by atoms with E-state index in [4.69, 9.17) is 16.3 Å². The van der Waals surface area contributed by atoms with Gasteiger partial charge in [-0.1, -0.05) is 17.7 Å². The zero-order chi connectivity index (χ0) is 19.6. The van der Waals surface area contributed by atoms with Crippen molar-refractivity contribution in [3.05, 3.63) is 57.9 Å². The van der Waals surface area contributed by atoms with Gasteiger partial charge in [0, 0.05) is 17.0 Å². The third kappa shape index (κ3) is 4.91. The minimum absolute atomic E-state index is 0.0219. The van der Waals surface area contributed by atoms with Crippen LogP contribution in [0.25, 0.3) is 6.08 Å². The number of esters is 1. The molecule has 0 aliphatic heterocycles. The molecule has 3 rings (SSSR count). The lowest BCUT2D eigenvalue weighted by Gasteiger charge is -2.11. The minimum Gasteiger partial charge on any atom is -0.463 e. The van der Waals surface area contributed by atoms with Gasteiger partial charge in [0.1, 0.15) is 0 Å². The molecule has 1 heterocycles. The van der Waals surface area contributed by atoms with Crippen molar-refractivity contribution in [2.75, 3.05) is 6.61 Å². The fourth-order valence-corrected chi connectivity index (χ4v) is 2.89. The summed E-state index contributed by atoms with van der Waals surface area (Å²) in [6, 6.07) is 5.14. The number of carbonyl (C=O) groups excluding carboxylic acids is 1. The van der Waals surface area contributed by atoms with Gasteiger partial charge in [0.25, 0.3) is 0 Å². The number of aromatic nitrogens is 2. The van der Waals surface area contributed by atoms with Gasteiger partial charge in [-0.15, -0.1) is 0 Å². The van der Waals surface area contributed by atoms with Crippen LogP contribution in [0.4, 0.5) is 13.2 Å². The van der Waals surface area contributed by atoms with E-state index in [0.717, 1.165) is 30.7 Å². The monoisotopic (exact) mass is 398 g/mol. The first kappa shape index (κ1) is 19.5. The Kier molecular flexibility index (Phi) is 5.60. The number of hydrogen-bond acceptors (Lipinski definition) is 3. The average Bonchev–Trinajstić information content (AvgIpc) is 3.36. The largest absolute Gasteiger partial charge is 0.463 e. The summed E-state index contributed by atoms with van der Waals surface area (Å²) in [5, 5.41) is 4.56. The molecule has 0 radical (unpaired) electrons. The highest BCUT2D eigenvalue weighted by Gasteiger charge is 2.31. The molecule has 2 aromatic rings. The van der Waals surface area contributed by atoms with Crippen LogP contribution >= 0.6 is 11.6 Å². The number of carbonyl (C=O) groups is 1. The summed E-state index contributed by atoms with van der Waals surface area (Å²) in [5.41, 5.74) is 1.29. The summed E-state index contributed by atoms with van der Waals surface area (Å²) in [5.74, 6) is -0.0742. The Labute approximate surface area is 159 Å². The van der Waals surface area contributed by atoms with Crippen molar-refractivity contribution < 1.29 is 22.7 Å². The molecule has 0 bridgehead atoms. The molecule has 0 N–H and O–H groups in total. The molecule has 0 saturated heterocycles. The van der Waals surface area contributed by atoms with Gasteiger partial charge < -0.3 is 4.74 Å². The van der Waals surface area contributed by atoms with Crippen LogP contribution in [0.2, 0.25) is 5.02 Å². The summed E-state index contributed by atoms with van der Waals surface area (Å²) in [7, 11) is 0. The molecule has 8 heteroatoms. The smallest absolute Gasteiger partial charge is 0.416 e. The number of ether oxygens (including phenoxy) is 1. The first-order valence-corrected chi connectivity index (χ1v) is 8.94. The SMILES string of the molecule is CCOC(=O)C=Cc1cc(C2CC2)nn1Cc1ccc(C(F)(F)F)cc1Cl. The van der Waals surface area contributed by atoms with Crippen molar-refractivity contribution in [1.29, 1.82) is 0 Å². The Hall–Kier alpha value is -2.28. The molecular weight excluding hydrogens is 381 g/mol. The Morgan fingerprint density at radius 2 is 2.11 bits per heavy atom. The van der Waals surface area contributed by atoms with E-state index in [1.807, 2.05) is 6.07 Å². The Morgan fingerprint density at radius 1 is 1.37 bits per heavy atom. The minimum atomic E-state index is -4.44. The van der Waals surface area contributed by atoms with Gasteiger partial charge in [0.05, 0.1) is 30.1 Å². The van der Waals surface area contributed by atoms with Gasteiger partial charge in [-0.2, -0.15) is 18.3 Å². The normalized spacial score (nSPS) is 14.7. The molecule has 1 saturated carbocycles. The van der Waals surface area contributed by atoms with E-state index in [-0.39, 0.29) is 18.2 Å². The topological polar surface area (TPSA) is 44.1 Å². The van der Waals surface area contributed by atoms with E-state index in [1.165, 1.54) is 12.1 Å². The van der Waals surface area contributed by atoms with Gasteiger partial charge in [-0.05, 0) is 49.6 Å². The van der Waals surface area contributed by atoms with Crippen LogP contribution in [0.15, 0.2) is 30.3 Å². The first-order chi connectivity index (χ1) is 12.8. The number of benzene rings is 1. The standard InChI is InChI=1S/C19H18ClF3N2O2/c1-2-27-18(26)8-7-15-10-17(12-3-4-12)24-25(15)11-13-5-6-14(9-16(13)20)19(21,22)23/h5-10,12H,2-4,11H2,1H3. The van der Waals surface area contributed by atoms with Crippen LogP contribution in [-0.4, -0.2) is 22.4 Å². The molecule has 0 amide bonds. The van der Waals surface area contributed by atoms with Gasteiger partial charge in [0.15, 0.2) is 0 Å². The Balaban J connectivity index is 1.86. The second kappa shape index (κ2) is 7.76. The molecule has 27 heavy (non-hydrogen) atoms. The number of hydrogen-bond donors (Lipinski definition) is 0. The third-order valence-electron chi connectivity index (χ3n) is 4.20. The molecule has 1 aliphatic carbocycles. The molecule has 1 aromatic heterocycles. The number of rotatable bonds is 6.